The molecule has 0 aliphatic heterocycles. The number of rotatable bonds is 3. The smallest absolute Gasteiger partial charge is 0.0480 e. The van der Waals surface area contributed by atoms with Gasteiger partial charge in [-0.1, -0.05) is 12.5 Å². The average Bonchev–Trinajstić information content (AvgIpc) is 1.99. The quantitative estimate of drug-likeness (QED) is 0.591. The second kappa shape index (κ2) is 5.18. The third-order valence-corrected chi connectivity index (χ3v) is 1.47. The maximum atomic E-state index is 5.41. The van der Waals surface area contributed by atoms with Gasteiger partial charge in [0.15, 0.2) is 0 Å². The van der Waals surface area contributed by atoms with E-state index in [1.807, 2.05) is 6.08 Å². The fourth-order valence-corrected chi connectivity index (χ4v) is 0.601. The highest BCUT2D eigenvalue weighted by molar-refractivity contribution is 5.96. The van der Waals surface area contributed by atoms with Gasteiger partial charge in [-0.2, -0.15) is 0 Å². The molecule has 0 unspecified atom stereocenters. The van der Waals surface area contributed by atoms with Crippen LogP contribution in [0.1, 0.15) is 20.3 Å². The first-order valence-corrected chi connectivity index (χ1v) is 3.57. The van der Waals surface area contributed by atoms with Crippen LogP contribution in [0.2, 0.25) is 0 Å². The van der Waals surface area contributed by atoms with E-state index in [1.165, 1.54) is 5.57 Å². The van der Waals surface area contributed by atoms with Crippen LogP contribution in [0.15, 0.2) is 16.6 Å². The summed E-state index contributed by atoms with van der Waals surface area (Å²) in [5, 5.41) is 0. The second-order valence-corrected chi connectivity index (χ2v) is 2.26. The number of nitrogens with zero attached hydrogens (tertiary/aromatic N) is 1. The molecular formula is C8H16N2. The molecule has 0 aromatic carbocycles. The molecule has 0 aliphatic carbocycles. The summed E-state index contributed by atoms with van der Waals surface area (Å²) in [6.07, 6.45) is 3.11. The number of hydrogen-bond donors (Lipinski definition) is 1. The third-order valence-electron chi connectivity index (χ3n) is 1.47. The van der Waals surface area contributed by atoms with Crippen molar-refractivity contribution in [3.63, 3.8) is 0 Å². The van der Waals surface area contributed by atoms with E-state index in [2.05, 4.69) is 18.8 Å². The van der Waals surface area contributed by atoms with Crippen LogP contribution in [-0.4, -0.2) is 19.3 Å². The molecule has 0 heterocycles. The van der Waals surface area contributed by atoms with E-state index in [4.69, 9.17) is 5.73 Å². The first-order valence-electron chi connectivity index (χ1n) is 3.57. The minimum Gasteiger partial charge on any atom is -0.325 e. The Morgan fingerprint density at radius 3 is 2.50 bits per heavy atom. The van der Waals surface area contributed by atoms with Gasteiger partial charge in [-0.05, 0) is 19.4 Å². The summed E-state index contributed by atoms with van der Waals surface area (Å²) in [6, 6.07) is 0. The molecule has 2 nitrogen and oxygen atoms in total. The predicted octanol–water partition coefficient (Wildman–Crippen LogP) is 1.37. The SMILES string of the molecule is CC/C(C)=C/C(CN)=NC. The Balaban J connectivity index is 4.08. The molecule has 0 bridgehead atoms. The van der Waals surface area contributed by atoms with Crippen LogP contribution >= 0.6 is 0 Å². The topological polar surface area (TPSA) is 38.4 Å². The molecule has 0 saturated carbocycles. The molecule has 0 radical (unpaired) electrons. The minimum atomic E-state index is 0.536. The van der Waals surface area contributed by atoms with Crippen molar-refractivity contribution in [1.82, 2.24) is 0 Å². The molecule has 2 heteroatoms. The summed E-state index contributed by atoms with van der Waals surface area (Å²) in [5.74, 6) is 0. The predicted molar refractivity (Wildman–Crippen MR) is 46.5 cm³/mol. The van der Waals surface area contributed by atoms with Crippen molar-refractivity contribution < 1.29 is 0 Å². The highest BCUT2D eigenvalue weighted by atomic mass is 14.7. The Bertz CT molecular complexity index is 145. The van der Waals surface area contributed by atoms with E-state index < -0.39 is 0 Å². The van der Waals surface area contributed by atoms with Crippen molar-refractivity contribution in [2.45, 2.75) is 20.3 Å². The normalized spacial score (nSPS) is 14.0. The number of aliphatic imine (C=N–C) groups is 1. The van der Waals surface area contributed by atoms with Crippen LogP contribution in [0.3, 0.4) is 0 Å². The van der Waals surface area contributed by atoms with Gasteiger partial charge < -0.3 is 5.73 Å². The van der Waals surface area contributed by atoms with Gasteiger partial charge in [-0.3, -0.25) is 4.99 Å². The summed E-state index contributed by atoms with van der Waals surface area (Å²) < 4.78 is 0. The van der Waals surface area contributed by atoms with Gasteiger partial charge in [0.2, 0.25) is 0 Å². The third kappa shape index (κ3) is 3.41. The first kappa shape index (κ1) is 9.37. The lowest BCUT2D eigenvalue weighted by Gasteiger charge is -1.96. The summed E-state index contributed by atoms with van der Waals surface area (Å²) in [4.78, 5) is 4.01. The number of allylic oxidation sites excluding steroid dienone is 1. The van der Waals surface area contributed by atoms with Crippen LogP contribution in [-0.2, 0) is 0 Å². The van der Waals surface area contributed by atoms with E-state index in [0.717, 1.165) is 12.1 Å². The standard InChI is InChI=1S/C8H16N2/c1-4-7(2)5-8(6-9)10-3/h5H,4,6,9H2,1-3H3/b7-5+,10-8?. The lowest BCUT2D eigenvalue weighted by molar-refractivity contribution is 1.10. The zero-order valence-electron chi connectivity index (χ0n) is 7.02. The fourth-order valence-electron chi connectivity index (χ4n) is 0.601. The average molecular weight is 140 g/mol. The summed E-state index contributed by atoms with van der Waals surface area (Å²) in [7, 11) is 1.77. The van der Waals surface area contributed by atoms with E-state index in [0.29, 0.717) is 6.54 Å². The Labute approximate surface area is 62.8 Å². The molecule has 0 aromatic heterocycles. The fraction of sp³-hybridized carbons (Fsp3) is 0.625. The molecule has 0 amide bonds. The van der Waals surface area contributed by atoms with Gasteiger partial charge in [0.05, 0.1) is 0 Å². The Hall–Kier alpha value is -0.630. The molecular weight excluding hydrogens is 124 g/mol. The van der Waals surface area contributed by atoms with Gasteiger partial charge in [-0.25, -0.2) is 0 Å². The monoisotopic (exact) mass is 140 g/mol. The summed E-state index contributed by atoms with van der Waals surface area (Å²) in [5.41, 5.74) is 7.71. The van der Waals surface area contributed by atoms with Crippen molar-refractivity contribution >= 4 is 5.71 Å². The van der Waals surface area contributed by atoms with E-state index in [1.54, 1.807) is 7.05 Å². The van der Waals surface area contributed by atoms with Gasteiger partial charge in [0, 0.05) is 19.3 Å². The second-order valence-electron chi connectivity index (χ2n) is 2.26. The van der Waals surface area contributed by atoms with Crippen LogP contribution < -0.4 is 5.73 Å². The molecule has 0 spiro atoms. The highest BCUT2D eigenvalue weighted by Gasteiger charge is 1.89. The Kier molecular flexibility index (Phi) is 4.85. The molecule has 0 fully saturated rings. The van der Waals surface area contributed by atoms with Crippen LogP contribution in [0, 0.1) is 0 Å². The van der Waals surface area contributed by atoms with Gasteiger partial charge >= 0.3 is 0 Å². The lowest BCUT2D eigenvalue weighted by atomic mass is 10.2. The van der Waals surface area contributed by atoms with Crippen molar-refractivity contribution in [1.29, 1.82) is 0 Å². The summed E-state index contributed by atoms with van der Waals surface area (Å²) >= 11 is 0. The maximum absolute atomic E-state index is 5.41. The van der Waals surface area contributed by atoms with Crippen LogP contribution in [0.4, 0.5) is 0 Å². The van der Waals surface area contributed by atoms with Gasteiger partial charge in [-0.15, -0.1) is 0 Å². The highest BCUT2D eigenvalue weighted by Crippen LogP contribution is 1.97. The molecule has 0 atom stereocenters. The maximum Gasteiger partial charge on any atom is 0.0480 e. The van der Waals surface area contributed by atoms with Gasteiger partial charge in [0.1, 0.15) is 0 Å². The molecule has 10 heavy (non-hydrogen) atoms. The van der Waals surface area contributed by atoms with Crippen molar-refractivity contribution in [2.75, 3.05) is 13.6 Å². The first-order chi connectivity index (χ1) is 4.74. The summed E-state index contributed by atoms with van der Waals surface area (Å²) in [6.45, 7) is 4.74. The van der Waals surface area contributed by atoms with E-state index >= 15 is 0 Å². The van der Waals surface area contributed by atoms with E-state index in [-0.39, 0.29) is 0 Å². The molecule has 0 aliphatic rings. The zero-order chi connectivity index (χ0) is 7.98. The molecule has 2 N–H and O–H groups in total. The van der Waals surface area contributed by atoms with Crippen molar-refractivity contribution in [3.8, 4) is 0 Å². The molecule has 0 saturated heterocycles. The van der Waals surface area contributed by atoms with Crippen LogP contribution in [0.5, 0.6) is 0 Å². The Morgan fingerprint density at radius 1 is 1.60 bits per heavy atom. The van der Waals surface area contributed by atoms with Crippen molar-refractivity contribution in [3.05, 3.63) is 11.6 Å². The molecule has 0 aromatic rings. The van der Waals surface area contributed by atoms with Gasteiger partial charge in [0.25, 0.3) is 0 Å². The largest absolute Gasteiger partial charge is 0.325 e. The van der Waals surface area contributed by atoms with E-state index in [9.17, 15) is 0 Å². The molecule has 0 rings (SSSR count). The minimum absolute atomic E-state index is 0.536. The molecule has 58 valence electrons. The number of nitrogens with two attached hydrogens (primary N) is 1. The number of hydrogen-bond acceptors (Lipinski definition) is 2. The lowest BCUT2D eigenvalue weighted by Crippen LogP contribution is -2.11. The zero-order valence-corrected chi connectivity index (χ0v) is 7.02. The van der Waals surface area contributed by atoms with Crippen LogP contribution in [0.25, 0.3) is 0 Å². The Morgan fingerprint density at radius 2 is 2.20 bits per heavy atom. The van der Waals surface area contributed by atoms with Crippen molar-refractivity contribution in [2.24, 2.45) is 10.7 Å².